The average Bonchev–Trinajstić information content (AvgIpc) is 3.03. The standard InChI is InChI=1S/C13H15N3O2S2/c1-8-11(4-12(17)18)20-13(15-8)19-6-10-5-14-7-16(10)9-2-3-9/h5,7,9H,2-4,6H2,1H3,(H,17,18). The molecular weight excluding hydrogens is 294 g/mol. The molecule has 1 N–H and O–H groups in total. The molecule has 5 nitrogen and oxygen atoms in total. The number of imidazole rings is 1. The molecule has 3 rings (SSSR count). The number of aromatic nitrogens is 3. The number of carboxylic acid groups (broad SMARTS) is 1. The number of carbonyl (C=O) groups is 1. The van der Waals surface area contributed by atoms with Crippen LogP contribution in [0.2, 0.25) is 0 Å². The number of carboxylic acids is 1. The number of thioether (sulfide) groups is 1. The summed E-state index contributed by atoms with van der Waals surface area (Å²) in [5.41, 5.74) is 2.04. The Balaban J connectivity index is 1.66. The Morgan fingerprint density at radius 3 is 3.10 bits per heavy atom. The van der Waals surface area contributed by atoms with Crippen molar-refractivity contribution in [2.45, 2.75) is 42.3 Å². The summed E-state index contributed by atoms with van der Waals surface area (Å²) < 4.78 is 3.17. The van der Waals surface area contributed by atoms with Crippen LogP contribution >= 0.6 is 23.1 Å². The smallest absolute Gasteiger partial charge is 0.308 e. The summed E-state index contributed by atoms with van der Waals surface area (Å²) in [5, 5.41) is 8.85. The predicted octanol–water partition coefficient (Wildman–Crippen LogP) is 2.90. The van der Waals surface area contributed by atoms with Crippen LogP contribution in [-0.2, 0) is 17.0 Å². The fourth-order valence-electron chi connectivity index (χ4n) is 2.03. The molecule has 7 heteroatoms. The fraction of sp³-hybridized carbons (Fsp3) is 0.462. The molecule has 20 heavy (non-hydrogen) atoms. The first-order chi connectivity index (χ1) is 9.63. The molecule has 0 radical (unpaired) electrons. The van der Waals surface area contributed by atoms with Crippen LogP contribution in [0.5, 0.6) is 0 Å². The van der Waals surface area contributed by atoms with E-state index in [2.05, 4.69) is 14.5 Å². The topological polar surface area (TPSA) is 68.0 Å². The van der Waals surface area contributed by atoms with Crippen molar-refractivity contribution < 1.29 is 9.90 Å². The quantitative estimate of drug-likeness (QED) is 0.831. The van der Waals surface area contributed by atoms with Gasteiger partial charge in [0.1, 0.15) is 0 Å². The molecule has 0 aromatic carbocycles. The highest BCUT2D eigenvalue weighted by Gasteiger charge is 2.25. The molecule has 0 aliphatic heterocycles. The molecule has 2 aromatic heterocycles. The SMILES string of the molecule is Cc1nc(SCc2cncn2C2CC2)sc1CC(=O)O. The number of hydrogen-bond acceptors (Lipinski definition) is 5. The van der Waals surface area contributed by atoms with Gasteiger partial charge in [-0.25, -0.2) is 9.97 Å². The largest absolute Gasteiger partial charge is 0.481 e. The molecule has 0 atom stereocenters. The van der Waals surface area contributed by atoms with Gasteiger partial charge in [-0.3, -0.25) is 4.79 Å². The molecular formula is C13H15N3O2S2. The lowest BCUT2D eigenvalue weighted by molar-refractivity contribution is -0.136. The number of aliphatic carboxylic acids is 1. The first kappa shape index (κ1) is 13.6. The second-order valence-corrected chi connectivity index (χ2v) is 7.18. The van der Waals surface area contributed by atoms with Crippen LogP contribution in [0.25, 0.3) is 0 Å². The lowest BCUT2D eigenvalue weighted by atomic mass is 10.3. The molecule has 0 bridgehead atoms. The van der Waals surface area contributed by atoms with Crippen LogP contribution in [0.1, 0.15) is 35.1 Å². The van der Waals surface area contributed by atoms with Gasteiger partial charge in [0.25, 0.3) is 0 Å². The normalized spacial score (nSPS) is 14.7. The highest BCUT2D eigenvalue weighted by Crippen LogP contribution is 2.37. The van der Waals surface area contributed by atoms with E-state index >= 15 is 0 Å². The van der Waals surface area contributed by atoms with Crippen molar-refractivity contribution >= 4 is 29.1 Å². The molecule has 106 valence electrons. The maximum Gasteiger partial charge on any atom is 0.308 e. The predicted molar refractivity (Wildman–Crippen MR) is 78.2 cm³/mol. The van der Waals surface area contributed by atoms with Gasteiger partial charge < -0.3 is 9.67 Å². The van der Waals surface area contributed by atoms with Crippen molar-refractivity contribution in [1.82, 2.24) is 14.5 Å². The van der Waals surface area contributed by atoms with Gasteiger partial charge in [0.2, 0.25) is 0 Å². The van der Waals surface area contributed by atoms with E-state index in [-0.39, 0.29) is 6.42 Å². The number of nitrogens with zero attached hydrogens (tertiary/aromatic N) is 3. The van der Waals surface area contributed by atoms with E-state index in [1.165, 1.54) is 29.9 Å². The third kappa shape index (κ3) is 3.04. The lowest BCUT2D eigenvalue weighted by Gasteiger charge is -2.04. The number of aryl methyl sites for hydroxylation is 1. The summed E-state index contributed by atoms with van der Waals surface area (Å²) in [4.78, 5) is 20.3. The van der Waals surface area contributed by atoms with Crippen LogP contribution in [0.4, 0.5) is 0 Å². The molecule has 0 saturated heterocycles. The molecule has 1 fully saturated rings. The first-order valence-electron chi connectivity index (χ1n) is 6.45. The van der Waals surface area contributed by atoms with Gasteiger partial charge in [0.05, 0.1) is 18.4 Å². The van der Waals surface area contributed by atoms with Gasteiger partial charge >= 0.3 is 5.97 Å². The lowest BCUT2D eigenvalue weighted by Crippen LogP contribution is -1.99. The van der Waals surface area contributed by atoms with Crippen molar-refractivity contribution in [1.29, 1.82) is 0 Å². The van der Waals surface area contributed by atoms with E-state index in [9.17, 15) is 4.79 Å². The highest BCUT2D eigenvalue weighted by atomic mass is 32.2. The monoisotopic (exact) mass is 309 g/mol. The van der Waals surface area contributed by atoms with Gasteiger partial charge in [-0.05, 0) is 19.8 Å². The maximum absolute atomic E-state index is 10.8. The fourth-order valence-corrected chi connectivity index (χ4v) is 4.22. The van der Waals surface area contributed by atoms with Gasteiger partial charge in [0, 0.05) is 28.6 Å². The zero-order valence-corrected chi connectivity index (χ0v) is 12.7. The summed E-state index contributed by atoms with van der Waals surface area (Å²) in [6.07, 6.45) is 6.35. The van der Waals surface area contributed by atoms with Crippen molar-refractivity contribution in [2.24, 2.45) is 0 Å². The van der Waals surface area contributed by atoms with E-state index in [4.69, 9.17) is 5.11 Å². The minimum absolute atomic E-state index is 0.0596. The van der Waals surface area contributed by atoms with Gasteiger partial charge in [-0.1, -0.05) is 11.8 Å². The summed E-state index contributed by atoms with van der Waals surface area (Å²) in [6.45, 7) is 1.87. The molecule has 1 aliphatic rings. The van der Waals surface area contributed by atoms with Crippen molar-refractivity contribution in [3.8, 4) is 0 Å². The summed E-state index contributed by atoms with van der Waals surface area (Å²) in [5.74, 6) is 0.0239. The van der Waals surface area contributed by atoms with Crippen molar-refractivity contribution in [3.05, 3.63) is 28.8 Å². The van der Waals surface area contributed by atoms with Gasteiger partial charge in [0.15, 0.2) is 4.34 Å². The number of rotatable bonds is 6. The van der Waals surface area contributed by atoms with E-state index in [0.717, 1.165) is 20.7 Å². The Kier molecular flexibility index (Phi) is 3.80. The highest BCUT2D eigenvalue weighted by molar-refractivity contribution is 8.00. The van der Waals surface area contributed by atoms with Crippen LogP contribution < -0.4 is 0 Å². The summed E-state index contributed by atoms with van der Waals surface area (Å²) >= 11 is 3.13. The van der Waals surface area contributed by atoms with Crippen LogP contribution in [0.3, 0.4) is 0 Å². The Hall–Kier alpha value is -1.34. The zero-order chi connectivity index (χ0) is 14.1. The average molecular weight is 309 g/mol. The Labute approximate surface area is 125 Å². The maximum atomic E-state index is 10.8. The van der Waals surface area contributed by atoms with Crippen molar-refractivity contribution in [3.63, 3.8) is 0 Å². The Bertz CT molecular complexity index is 631. The van der Waals surface area contributed by atoms with Gasteiger partial charge in [-0.2, -0.15) is 0 Å². The minimum Gasteiger partial charge on any atom is -0.481 e. The number of thiazole rings is 1. The third-order valence-electron chi connectivity index (χ3n) is 3.21. The van der Waals surface area contributed by atoms with E-state index in [0.29, 0.717) is 6.04 Å². The molecule has 1 aliphatic carbocycles. The van der Waals surface area contributed by atoms with Crippen LogP contribution in [0.15, 0.2) is 16.9 Å². The third-order valence-corrected chi connectivity index (χ3v) is 5.55. The molecule has 2 aromatic rings. The summed E-state index contributed by atoms with van der Waals surface area (Å²) in [7, 11) is 0. The van der Waals surface area contributed by atoms with Gasteiger partial charge in [-0.15, -0.1) is 11.3 Å². The summed E-state index contributed by atoms with van der Waals surface area (Å²) in [6, 6.07) is 0.633. The van der Waals surface area contributed by atoms with E-state index < -0.39 is 5.97 Å². The van der Waals surface area contributed by atoms with E-state index in [1.54, 1.807) is 11.8 Å². The second kappa shape index (κ2) is 5.57. The Morgan fingerprint density at radius 1 is 1.60 bits per heavy atom. The molecule has 0 unspecified atom stereocenters. The molecule has 2 heterocycles. The first-order valence-corrected chi connectivity index (χ1v) is 8.25. The zero-order valence-electron chi connectivity index (χ0n) is 11.1. The molecule has 1 saturated carbocycles. The number of hydrogen-bond donors (Lipinski definition) is 1. The molecule has 0 amide bonds. The Morgan fingerprint density at radius 2 is 2.40 bits per heavy atom. The van der Waals surface area contributed by atoms with Crippen LogP contribution in [0, 0.1) is 6.92 Å². The van der Waals surface area contributed by atoms with Crippen molar-refractivity contribution in [2.75, 3.05) is 0 Å². The van der Waals surface area contributed by atoms with E-state index in [1.807, 2.05) is 19.4 Å². The second-order valence-electron chi connectivity index (χ2n) is 4.87. The minimum atomic E-state index is -0.805. The molecule has 0 spiro atoms. The van der Waals surface area contributed by atoms with Crippen LogP contribution in [-0.4, -0.2) is 25.6 Å².